The van der Waals surface area contributed by atoms with E-state index in [1.807, 2.05) is 0 Å². The topological polar surface area (TPSA) is 61.4 Å². The molecule has 0 spiro atoms. The molecular weight excluding hydrogens is 326 g/mol. The van der Waals surface area contributed by atoms with Crippen molar-refractivity contribution in [3.63, 3.8) is 0 Å². The summed E-state index contributed by atoms with van der Waals surface area (Å²) in [6.45, 7) is 4.73. The summed E-state index contributed by atoms with van der Waals surface area (Å²) in [7, 11) is 0. The van der Waals surface area contributed by atoms with E-state index in [2.05, 4.69) is 46.7 Å². The molecule has 0 unspecified atom stereocenters. The largest absolute Gasteiger partial charge is 0.326 e. The van der Waals surface area contributed by atoms with Crippen LogP contribution in [0.2, 0.25) is 0 Å². The summed E-state index contributed by atoms with van der Waals surface area (Å²) in [5.74, 6) is -0.130. The lowest BCUT2D eigenvalue weighted by atomic mass is 10.1. The van der Waals surface area contributed by atoms with E-state index in [0.29, 0.717) is 12.6 Å². The van der Waals surface area contributed by atoms with Gasteiger partial charge in [0.15, 0.2) is 0 Å². The highest BCUT2D eigenvalue weighted by atomic mass is 16.2. The van der Waals surface area contributed by atoms with Crippen molar-refractivity contribution in [3.05, 3.63) is 59.7 Å². The Morgan fingerprint density at radius 1 is 1.04 bits per heavy atom. The second-order valence-corrected chi connectivity index (χ2v) is 6.93. The Labute approximate surface area is 154 Å². The van der Waals surface area contributed by atoms with Gasteiger partial charge in [-0.25, -0.2) is 0 Å². The summed E-state index contributed by atoms with van der Waals surface area (Å²) in [4.78, 5) is 25.7. The number of nitrogens with zero attached hydrogens (tertiary/aromatic N) is 1. The Bertz CT molecular complexity index is 782. The molecule has 0 aliphatic heterocycles. The maximum atomic E-state index is 12.5. The van der Waals surface area contributed by atoms with Crippen molar-refractivity contribution in [1.82, 2.24) is 4.90 Å². The molecule has 0 bridgehead atoms. The van der Waals surface area contributed by atoms with E-state index in [1.165, 1.54) is 18.1 Å². The molecule has 136 valence electrons. The van der Waals surface area contributed by atoms with Crippen LogP contribution in [-0.2, 0) is 16.1 Å². The number of amides is 2. The quantitative estimate of drug-likeness (QED) is 0.802. The molecule has 0 atom stereocenters. The lowest BCUT2D eigenvalue weighted by Gasteiger charge is -2.21. The number of hydrogen-bond acceptors (Lipinski definition) is 3. The van der Waals surface area contributed by atoms with E-state index >= 15 is 0 Å². The van der Waals surface area contributed by atoms with E-state index in [0.717, 1.165) is 30.8 Å². The van der Waals surface area contributed by atoms with Crippen LogP contribution in [0.15, 0.2) is 48.5 Å². The SMILES string of the molecule is CC(=O)Nc1ccc(NC(=O)CN(Cc2cccc(C)c2)C2CC2)cc1. The van der Waals surface area contributed by atoms with Crippen LogP contribution < -0.4 is 10.6 Å². The fraction of sp³-hybridized carbons (Fsp3) is 0.333. The van der Waals surface area contributed by atoms with Crippen LogP contribution in [0, 0.1) is 6.92 Å². The van der Waals surface area contributed by atoms with Crippen molar-refractivity contribution >= 4 is 23.2 Å². The molecule has 1 fully saturated rings. The summed E-state index contributed by atoms with van der Waals surface area (Å²) in [6, 6.07) is 16.1. The number of nitrogens with one attached hydrogen (secondary N) is 2. The van der Waals surface area contributed by atoms with Crippen molar-refractivity contribution < 1.29 is 9.59 Å². The molecule has 1 saturated carbocycles. The van der Waals surface area contributed by atoms with Crippen LogP contribution in [0.4, 0.5) is 11.4 Å². The lowest BCUT2D eigenvalue weighted by molar-refractivity contribution is -0.117. The van der Waals surface area contributed by atoms with Gasteiger partial charge >= 0.3 is 0 Å². The van der Waals surface area contributed by atoms with Crippen LogP contribution in [0.3, 0.4) is 0 Å². The number of rotatable bonds is 7. The first kappa shape index (κ1) is 18.1. The van der Waals surface area contributed by atoms with Crippen LogP contribution in [0.5, 0.6) is 0 Å². The van der Waals surface area contributed by atoms with Crippen LogP contribution >= 0.6 is 0 Å². The summed E-state index contributed by atoms with van der Waals surface area (Å²) in [5, 5.41) is 5.65. The number of carbonyl (C=O) groups is 2. The van der Waals surface area contributed by atoms with E-state index in [1.54, 1.807) is 24.3 Å². The fourth-order valence-electron chi connectivity index (χ4n) is 3.02. The summed E-state index contributed by atoms with van der Waals surface area (Å²) in [6.07, 6.45) is 2.31. The molecule has 5 nitrogen and oxygen atoms in total. The van der Waals surface area contributed by atoms with E-state index in [4.69, 9.17) is 0 Å². The summed E-state index contributed by atoms with van der Waals surface area (Å²) in [5.41, 5.74) is 3.93. The zero-order valence-electron chi connectivity index (χ0n) is 15.3. The molecule has 2 amide bonds. The minimum Gasteiger partial charge on any atom is -0.326 e. The molecule has 1 aliphatic rings. The number of benzene rings is 2. The minimum absolute atomic E-state index is 0.0168. The first-order valence-electron chi connectivity index (χ1n) is 8.97. The zero-order chi connectivity index (χ0) is 18.5. The normalized spacial score (nSPS) is 13.5. The predicted molar refractivity (Wildman–Crippen MR) is 104 cm³/mol. The monoisotopic (exact) mass is 351 g/mol. The maximum absolute atomic E-state index is 12.5. The number of carbonyl (C=O) groups excluding carboxylic acids is 2. The third kappa shape index (κ3) is 5.43. The smallest absolute Gasteiger partial charge is 0.238 e. The van der Waals surface area contributed by atoms with Gasteiger partial charge in [0.05, 0.1) is 6.54 Å². The number of anilines is 2. The van der Waals surface area contributed by atoms with Crippen molar-refractivity contribution in [3.8, 4) is 0 Å². The molecule has 1 aliphatic carbocycles. The Kier molecular flexibility index (Phi) is 5.68. The molecule has 26 heavy (non-hydrogen) atoms. The fourth-order valence-corrected chi connectivity index (χ4v) is 3.02. The third-order valence-electron chi connectivity index (χ3n) is 4.37. The highest BCUT2D eigenvalue weighted by Gasteiger charge is 2.30. The molecule has 2 aromatic carbocycles. The maximum Gasteiger partial charge on any atom is 0.238 e. The standard InChI is InChI=1S/C21H25N3O2/c1-15-4-3-5-17(12-15)13-24(20-10-11-20)14-21(26)23-19-8-6-18(7-9-19)22-16(2)25/h3-9,12,20H,10-11,13-14H2,1-2H3,(H,22,25)(H,23,26). The molecule has 0 radical (unpaired) electrons. The Hall–Kier alpha value is -2.66. The van der Waals surface area contributed by atoms with Crippen molar-refractivity contribution in [2.45, 2.75) is 39.3 Å². The second-order valence-electron chi connectivity index (χ2n) is 6.93. The first-order chi connectivity index (χ1) is 12.5. The Morgan fingerprint density at radius 2 is 1.69 bits per heavy atom. The third-order valence-corrected chi connectivity index (χ3v) is 4.37. The van der Waals surface area contributed by atoms with Gasteiger partial charge in [-0.15, -0.1) is 0 Å². The average Bonchev–Trinajstić information content (AvgIpc) is 3.40. The molecule has 3 rings (SSSR count). The molecular formula is C21H25N3O2. The first-order valence-corrected chi connectivity index (χ1v) is 8.97. The van der Waals surface area contributed by atoms with E-state index in [-0.39, 0.29) is 11.8 Å². The van der Waals surface area contributed by atoms with Gasteiger partial charge in [-0.2, -0.15) is 0 Å². The van der Waals surface area contributed by atoms with Gasteiger partial charge < -0.3 is 10.6 Å². The van der Waals surface area contributed by atoms with Gasteiger partial charge in [0, 0.05) is 30.9 Å². The van der Waals surface area contributed by atoms with Crippen LogP contribution in [-0.4, -0.2) is 29.3 Å². The lowest BCUT2D eigenvalue weighted by Crippen LogP contribution is -2.34. The number of aryl methyl sites for hydroxylation is 1. The van der Waals surface area contributed by atoms with Gasteiger partial charge in [0.25, 0.3) is 0 Å². The molecule has 0 aromatic heterocycles. The van der Waals surface area contributed by atoms with Crippen molar-refractivity contribution in [1.29, 1.82) is 0 Å². The second kappa shape index (κ2) is 8.15. The van der Waals surface area contributed by atoms with Crippen LogP contribution in [0.25, 0.3) is 0 Å². The molecule has 0 saturated heterocycles. The highest BCUT2D eigenvalue weighted by Crippen LogP contribution is 2.28. The Morgan fingerprint density at radius 3 is 2.27 bits per heavy atom. The predicted octanol–water partition coefficient (Wildman–Crippen LogP) is 3.56. The summed E-state index contributed by atoms with van der Waals surface area (Å²) >= 11 is 0. The van der Waals surface area contributed by atoms with Crippen LogP contribution in [0.1, 0.15) is 30.9 Å². The van der Waals surface area contributed by atoms with E-state index in [9.17, 15) is 9.59 Å². The van der Waals surface area contributed by atoms with Gasteiger partial charge in [-0.1, -0.05) is 29.8 Å². The van der Waals surface area contributed by atoms with Gasteiger partial charge in [-0.05, 0) is 49.6 Å². The Balaban J connectivity index is 1.57. The molecule has 2 aromatic rings. The van der Waals surface area contributed by atoms with Gasteiger partial charge in [0.2, 0.25) is 11.8 Å². The average molecular weight is 351 g/mol. The highest BCUT2D eigenvalue weighted by molar-refractivity contribution is 5.93. The molecule has 2 N–H and O–H groups in total. The summed E-state index contributed by atoms with van der Waals surface area (Å²) < 4.78 is 0. The van der Waals surface area contributed by atoms with Crippen molar-refractivity contribution in [2.75, 3.05) is 17.2 Å². The van der Waals surface area contributed by atoms with Gasteiger partial charge in [-0.3, -0.25) is 14.5 Å². The molecule has 0 heterocycles. The minimum atomic E-state index is -0.113. The zero-order valence-corrected chi connectivity index (χ0v) is 15.3. The van der Waals surface area contributed by atoms with Gasteiger partial charge in [0.1, 0.15) is 0 Å². The number of hydrogen-bond donors (Lipinski definition) is 2. The van der Waals surface area contributed by atoms with Crippen molar-refractivity contribution in [2.24, 2.45) is 0 Å². The molecule has 5 heteroatoms. The van der Waals surface area contributed by atoms with E-state index < -0.39 is 0 Å².